The molecule has 0 spiro atoms. The molecule has 2 aliphatic rings. The Labute approximate surface area is 142 Å². The fourth-order valence-electron chi connectivity index (χ4n) is 3.44. The number of carbonyl (C=O) groups is 2. The minimum Gasteiger partial charge on any atom is -0.399 e. The second-order valence-electron chi connectivity index (χ2n) is 6.46. The molecule has 1 unspecified atom stereocenters. The minimum atomic E-state index is -0.0636. The van der Waals surface area contributed by atoms with E-state index in [2.05, 4.69) is 5.32 Å². The molecule has 0 saturated carbocycles. The van der Waals surface area contributed by atoms with Gasteiger partial charge in [-0.05, 0) is 42.5 Å². The predicted molar refractivity (Wildman–Crippen MR) is 91.3 cm³/mol. The molecule has 3 rings (SSSR count). The molecular formula is C18H25N3O3. The summed E-state index contributed by atoms with van der Waals surface area (Å²) < 4.78 is 5.24. The summed E-state index contributed by atoms with van der Waals surface area (Å²) in [5.74, 6) is -0.0310. The van der Waals surface area contributed by atoms with Crippen LogP contribution in [0.5, 0.6) is 0 Å². The van der Waals surface area contributed by atoms with Crippen LogP contribution < -0.4 is 11.1 Å². The van der Waals surface area contributed by atoms with Crippen LogP contribution in [0.3, 0.4) is 0 Å². The number of ether oxygens (including phenoxy) is 1. The first-order chi connectivity index (χ1) is 11.6. The summed E-state index contributed by atoms with van der Waals surface area (Å²) in [5, 5.41) is 3.08. The van der Waals surface area contributed by atoms with Gasteiger partial charge in [0, 0.05) is 31.6 Å². The van der Waals surface area contributed by atoms with Crippen LogP contribution in [-0.2, 0) is 20.7 Å². The number of anilines is 1. The maximum atomic E-state index is 12.2. The van der Waals surface area contributed by atoms with Crippen molar-refractivity contribution < 1.29 is 14.3 Å². The Morgan fingerprint density at radius 2 is 2.04 bits per heavy atom. The average Bonchev–Trinajstić information content (AvgIpc) is 2.60. The van der Waals surface area contributed by atoms with Gasteiger partial charge in [0.25, 0.3) is 0 Å². The molecule has 1 fully saturated rings. The molecule has 1 aliphatic heterocycles. The molecule has 1 saturated heterocycles. The van der Waals surface area contributed by atoms with Gasteiger partial charge in [0.05, 0.1) is 19.3 Å². The molecule has 0 bridgehead atoms. The number of rotatable bonds is 4. The van der Waals surface area contributed by atoms with E-state index in [1.807, 2.05) is 18.2 Å². The van der Waals surface area contributed by atoms with Crippen LogP contribution in [0, 0.1) is 0 Å². The Balaban J connectivity index is 1.51. The molecule has 1 heterocycles. The summed E-state index contributed by atoms with van der Waals surface area (Å²) in [7, 11) is 0. The number of benzene rings is 1. The van der Waals surface area contributed by atoms with Crippen molar-refractivity contribution in [2.45, 2.75) is 38.1 Å². The van der Waals surface area contributed by atoms with Gasteiger partial charge in [-0.3, -0.25) is 9.59 Å². The van der Waals surface area contributed by atoms with Gasteiger partial charge in [0.1, 0.15) is 0 Å². The molecule has 24 heavy (non-hydrogen) atoms. The second-order valence-corrected chi connectivity index (χ2v) is 6.46. The van der Waals surface area contributed by atoms with E-state index in [1.165, 1.54) is 5.56 Å². The SMILES string of the molecule is Nc1ccc2c(c1)CCCC2NC(=O)CCC(=O)N1CCOCC1. The fourth-order valence-corrected chi connectivity index (χ4v) is 3.44. The number of aryl methyl sites for hydroxylation is 1. The molecule has 6 heteroatoms. The average molecular weight is 331 g/mol. The standard InChI is InChI=1S/C18H25N3O3/c19-14-4-5-15-13(12-14)2-1-3-16(15)20-17(22)6-7-18(23)21-8-10-24-11-9-21/h4-5,12,16H,1-3,6-11,19H2,(H,20,22). The minimum absolute atomic E-state index is 0.0281. The number of fused-ring (bicyclic) bond motifs is 1. The molecule has 1 aliphatic carbocycles. The second kappa shape index (κ2) is 7.66. The van der Waals surface area contributed by atoms with Gasteiger partial charge < -0.3 is 20.7 Å². The van der Waals surface area contributed by atoms with E-state index in [0.29, 0.717) is 26.3 Å². The zero-order valence-corrected chi connectivity index (χ0v) is 13.9. The number of nitrogens with one attached hydrogen (secondary N) is 1. The highest BCUT2D eigenvalue weighted by molar-refractivity contribution is 5.84. The Kier molecular flexibility index (Phi) is 5.35. The van der Waals surface area contributed by atoms with E-state index < -0.39 is 0 Å². The normalized spacial score (nSPS) is 20.3. The lowest BCUT2D eigenvalue weighted by molar-refractivity contribution is -0.137. The topological polar surface area (TPSA) is 84.7 Å². The number of amides is 2. The van der Waals surface area contributed by atoms with Gasteiger partial charge in [-0.2, -0.15) is 0 Å². The molecule has 2 amide bonds. The zero-order valence-electron chi connectivity index (χ0n) is 13.9. The number of nitrogens with zero attached hydrogens (tertiary/aromatic N) is 1. The summed E-state index contributed by atoms with van der Waals surface area (Å²) in [6.45, 7) is 2.41. The lowest BCUT2D eigenvalue weighted by Crippen LogP contribution is -2.41. The van der Waals surface area contributed by atoms with E-state index in [4.69, 9.17) is 10.5 Å². The van der Waals surface area contributed by atoms with E-state index in [0.717, 1.165) is 30.5 Å². The number of nitrogens with two attached hydrogens (primary N) is 1. The summed E-state index contributed by atoms with van der Waals surface area (Å²) in [5.41, 5.74) is 8.98. The van der Waals surface area contributed by atoms with Crippen molar-refractivity contribution in [3.05, 3.63) is 29.3 Å². The predicted octanol–water partition coefficient (Wildman–Crippen LogP) is 1.40. The smallest absolute Gasteiger partial charge is 0.223 e. The number of carbonyl (C=O) groups excluding carboxylic acids is 2. The summed E-state index contributed by atoms with van der Waals surface area (Å²) in [4.78, 5) is 26.1. The van der Waals surface area contributed by atoms with Crippen LogP contribution in [0.4, 0.5) is 5.69 Å². The Hall–Kier alpha value is -2.08. The highest BCUT2D eigenvalue weighted by Gasteiger charge is 2.23. The van der Waals surface area contributed by atoms with Gasteiger partial charge in [0.15, 0.2) is 0 Å². The molecule has 0 aromatic heterocycles. The van der Waals surface area contributed by atoms with Gasteiger partial charge in [-0.1, -0.05) is 6.07 Å². The maximum Gasteiger partial charge on any atom is 0.223 e. The summed E-state index contributed by atoms with van der Waals surface area (Å²) in [6.07, 6.45) is 3.46. The van der Waals surface area contributed by atoms with E-state index in [1.54, 1.807) is 4.90 Å². The fraction of sp³-hybridized carbons (Fsp3) is 0.556. The molecule has 6 nitrogen and oxygen atoms in total. The number of morpholine rings is 1. The largest absolute Gasteiger partial charge is 0.399 e. The lowest BCUT2D eigenvalue weighted by atomic mass is 9.87. The third-order valence-electron chi connectivity index (χ3n) is 4.75. The lowest BCUT2D eigenvalue weighted by Gasteiger charge is -2.28. The first-order valence-electron chi connectivity index (χ1n) is 8.66. The van der Waals surface area contributed by atoms with Crippen LogP contribution in [0.2, 0.25) is 0 Å². The van der Waals surface area contributed by atoms with Crippen LogP contribution in [0.1, 0.15) is 42.9 Å². The highest BCUT2D eigenvalue weighted by Crippen LogP contribution is 2.31. The monoisotopic (exact) mass is 331 g/mol. The first kappa shape index (κ1) is 16.8. The van der Waals surface area contributed by atoms with E-state index >= 15 is 0 Å². The first-order valence-corrected chi connectivity index (χ1v) is 8.66. The van der Waals surface area contributed by atoms with Gasteiger partial charge >= 0.3 is 0 Å². The van der Waals surface area contributed by atoms with E-state index in [-0.39, 0.29) is 30.7 Å². The van der Waals surface area contributed by atoms with Crippen LogP contribution >= 0.6 is 0 Å². The number of hydrogen-bond donors (Lipinski definition) is 2. The number of hydrogen-bond acceptors (Lipinski definition) is 4. The molecule has 0 radical (unpaired) electrons. The van der Waals surface area contributed by atoms with Crippen molar-refractivity contribution in [3.63, 3.8) is 0 Å². The zero-order chi connectivity index (χ0) is 16.9. The third kappa shape index (κ3) is 4.06. The van der Waals surface area contributed by atoms with Crippen molar-refractivity contribution in [3.8, 4) is 0 Å². The molecule has 1 atom stereocenters. The summed E-state index contributed by atoms with van der Waals surface area (Å²) in [6, 6.07) is 5.91. The highest BCUT2D eigenvalue weighted by atomic mass is 16.5. The quantitative estimate of drug-likeness (QED) is 0.817. The van der Waals surface area contributed by atoms with Gasteiger partial charge in [-0.15, -0.1) is 0 Å². The van der Waals surface area contributed by atoms with Gasteiger partial charge in [0.2, 0.25) is 11.8 Å². The van der Waals surface area contributed by atoms with Crippen LogP contribution in [0.15, 0.2) is 18.2 Å². The Bertz CT molecular complexity index is 612. The molecule has 130 valence electrons. The summed E-state index contributed by atoms with van der Waals surface area (Å²) >= 11 is 0. The van der Waals surface area contributed by atoms with Crippen molar-refractivity contribution in [1.29, 1.82) is 0 Å². The van der Waals surface area contributed by atoms with Gasteiger partial charge in [-0.25, -0.2) is 0 Å². The molecule has 3 N–H and O–H groups in total. The van der Waals surface area contributed by atoms with Crippen LogP contribution in [-0.4, -0.2) is 43.0 Å². The molecule has 1 aromatic carbocycles. The number of nitrogen functional groups attached to an aromatic ring is 1. The molecular weight excluding hydrogens is 306 g/mol. The van der Waals surface area contributed by atoms with Crippen molar-refractivity contribution in [2.75, 3.05) is 32.0 Å². The maximum absolute atomic E-state index is 12.2. The molecule has 1 aromatic rings. The van der Waals surface area contributed by atoms with E-state index in [9.17, 15) is 9.59 Å². The Morgan fingerprint density at radius 1 is 1.25 bits per heavy atom. The van der Waals surface area contributed by atoms with Crippen LogP contribution in [0.25, 0.3) is 0 Å². The van der Waals surface area contributed by atoms with Crippen molar-refractivity contribution in [1.82, 2.24) is 10.2 Å². The third-order valence-corrected chi connectivity index (χ3v) is 4.75. The van der Waals surface area contributed by atoms with Crippen molar-refractivity contribution in [2.24, 2.45) is 0 Å². The van der Waals surface area contributed by atoms with Crippen molar-refractivity contribution >= 4 is 17.5 Å². The Morgan fingerprint density at radius 3 is 2.83 bits per heavy atom.